The highest BCUT2D eigenvalue weighted by atomic mass is 16.7. The van der Waals surface area contributed by atoms with E-state index in [4.69, 9.17) is 28.7 Å². The van der Waals surface area contributed by atoms with Gasteiger partial charge in [-0.2, -0.15) is 5.90 Å². The van der Waals surface area contributed by atoms with E-state index in [1.54, 1.807) is 6.92 Å². The smallest absolute Gasteiger partial charge is 0.362 e. The molecule has 84 valence electrons. The maximum Gasteiger partial charge on any atom is 0.362 e. The third kappa shape index (κ3) is 2.00. The summed E-state index contributed by atoms with van der Waals surface area (Å²) in [7, 11) is 0. The van der Waals surface area contributed by atoms with Crippen LogP contribution in [-0.2, 0) is 9.63 Å². The normalized spacial score (nSPS) is 15.1. The molecule has 0 aliphatic rings. The highest BCUT2D eigenvalue weighted by Gasteiger charge is 2.51. The van der Waals surface area contributed by atoms with Crippen molar-refractivity contribution >= 4 is 5.97 Å². The van der Waals surface area contributed by atoms with E-state index in [9.17, 15) is 4.79 Å². The largest absolute Gasteiger partial charge is 0.371 e. The minimum Gasteiger partial charge on any atom is -0.371 e. The molecule has 0 rings (SSSR count). The van der Waals surface area contributed by atoms with Gasteiger partial charge in [-0.3, -0.25) is 0 Å². The van der Waals surface area contributed by atoms with Crippen LogP contribution in [0.3, 0.4) is 0 Å². The van der Waals surface area contributed by atoms with Crippen molar-refractivity contribution in [3.63, 3.8) is 0 Å². The first kappa shape index (κ1) is 13.2. The fourth-order valence-electron chi connectivity index (χ4n) is 0.919. The standard InChI is InChI=1S/C6H18N6O2/c1-2-3(7)5(8,9)6(10,11)4(13)14-12/h3H,2,7-12H2,1H3. The summed E-state index contributed by atoms with van der Waals surface area (Å²) in [4.78, 5) is 15.0. The van der Waals surface area contributed by atoms with Gasteiger partial charge < -0.3 is 33.5 Å². The Morgan fingerprint density at radius 2 is 1.79 bits per heavy atom. The molecule has 1 atom stereocenters. The molecule has 0 aliphatic carbocycles. The SMILES string of the molecule is CCC(N)C(N)(N)C(N)(N)C(=O)ON. The summed E-state index contributed by atoms with van der Waals surface area (Å²) in [5.74, 6) is 3.52. The van der Waals surface area contributed by atoms with E-state index in [1.807, 2.05) is 0 Å². The van der Waals surface area contributed by atoms with Gasteiger partial charge in [0.1, 0.15) is 5.66 Å². The molecular weight excluding hydrogens is 188 g/mol. The van der Waals surface area contributed by atoms with Crippen molar-refractivity contribution < 1.29 is 9.63 Å². The van der Waals surface area contributed by atoms with Crippen LogP contribution in [0.1, 0.15) is 13.3 Å². The Bertz CT molecular complexity index is 216. The first-order valence-electron chi connectivity index (χ1n) is 4.04. The second kappa shape index (κ2) is 4.17. The lowest BCUT2D eigenvalue weighted by atomic mass is 9.87. The summed E-state index contributed by atoms with van der Waals surface area (Å²) < 4.78 is 0. The Kier molecular flexibility index (Phi) is 3.94. The molecule has 0 aliphatic heterocycles. The number of carbonyl (C=O) groups is 1. The number of nitrogens with two attached hydrogens (primary N) is 6. The topological polar surface area (TPSA) is 182 Å². The van der Waals surface area contributed by atoms with Gasteiger partial charge in [-0.25, -0.2) is 4.79 Å². The molecule has 0 heterocycles. The van der Waals surface area contributed by atoms with Gasteiger partial charge in [0.25, 0.3) is 0 Å². The molecule has 14 heavy (non-hydrogen) atoms. The van der Waals surface area contributed by atoms with Crippen molar-refractivity contribution in [2.75, 3.05) is 0 Å². The van der Waals surface area contributed by atoms with Gasteiger partial charge in [0.2, 0.25) is 0 Å². The van der Waals surface area contributed by atoms with Crippen LogP contribution < -0.4 is 34.6 Å². The summed E-state index contributed by atoms with van der Waals surface area (Å²) >= 11 is 0. The maximum absolute atomic E-state index is 11.1. The van der Waals surface area contributed by atoms with Crippen molar-refractivity contribution in [1.29, 1.82) is 0 Å². The van der Waals surface area contributed by atoms with Crippen molar-refractivity contribution in [1.82, 2.24) is 0 Å². The van der Waals surface area contributed by atoms with Crippen molar-refractivity contribution in [3.05, 3.63) is 0 Å². The van der Waals surface area contributed by atoms with Gasteiger partial charge in [-0.1, -0.05) is 6.92 Å². The number of carbonyl (C=O) groups excluding carboxylic acids is 1. The van der Waals surface area contributed by atoms with Crippen LogP contribution in [0.5, 0.6) is 0 Å². The van der Waals surface area contributed by atoms with E-state index in [2.05, 4.69) is 10.7 Å². The van der Waals surface area contributed by atoms with Crippen LogP contribution in [0.15, 0.2) is 0 Å². The average molecular weight is 206 g/mol. The maximum atomic E-state index is 11.1. The van der Waals surface area contributed by atoms with Crippen molar-refractivity contribution in [3.8, 4) is 0 Å². The van der Waals surface area contributed by atoms with Gasteiger partial charge in [0, 0.05) is 6.04 Å². The Labute approximate surface area is 81.8 Å². The highest BCUT2D eigenvalue weighted by Crippen LogP contribution is 2.12. The van der Waals surface area contributed by atoms with Crippen molar-refractivity contribution in [2.45, 2.75) is 30.7 Å². The predicted octanol–water partition coefficient (Wildman–Crippen LogP) is -3.63. The molecule has 0 aromatic heterocycles. The van der Waals surface area contributed by atoms with Crippen LogP contribution in [0.2, 0.25) is 0 Å². The highest BCUT2D eigenvalue weighted by molar-refractivity contribution is 5.81. The summed E-state index contributed by atoms with van der Waals surface area (Å²) in [5.41, 5.74) is 23.6. The first-order valence-corrected chi connectivity index (χ1v) is 4.04. The lowest BCUT2D eigenvalue weighted by Gasteiger charge is -2.40. The lowest BCUT2D eigenvalue weighted by Crippen LogP contribution is -2.85. The van der Waals surface area contributed by atoms with Crippen molar-refractivity contribution in [2.24, 2.45) is 34.6 Å². The third-order valence-electron chi connectivity index (χ3n) is 2.21. The Morgan fingerprint density at radius 3 is 2.07 bits per heavy atom. The summed E-state index contributed by atoms with van der Waals surface area (Å²) in [6.07, 6.45) is 0.404. The molecule has 0 saturated carbocycles. The van der Waals surface area contributed by atoms with Crippen LogP contribution in [0, 0.1) is 0 Å². The molecule has 12 N–H and O–H groups in total. The monoisotopic (exact) mass is 206 g/mol. The number of rotatable bonds is 4. The number of hydrogen-bond donors (Lipinski definition) is 6. The van der Waals surface area contributed by atoms with E-state index in [1.165, 1.54) is 0 Å². The molecule has 0 fully saturated rings. The first-order chi connectivity index (χ1) is 6.21. The van der Waals surface area contributed by atoms with E-state index < -0.39 is 23.3 Å². The van der Waals surface area contributed by atoms with E-state index in [-0.39, 0.29) is 0 Å². The van der Waals surface area contributed by atoms with Crippen LogP contribution in [0.4, 0.5) is 0 Å². The molecular formula is C6H18N6O2. The minimum absolute atomic E-state index is 0.404. The summed E-state index contributed by atoms with van der Waals surface area (Å²) in [6.45, 7) is 1.73. The van der Waals surface area contributed by atoms with Crippen LogP contribution in [-0.4, -0.2) is 23.3 Å². The third-order valence-corrected chi connectivity index (χ3v) is 2.21. The molecule has 0 aromatic rings. The molecule has 8 heteroatoms. The van der Waals surface area contributed by atoms with E-state index >= 15 is 0 Å². The van der Waals surface area contributed by atoms with Crippen LogP contribution in [0.25, 0.3) is 0 Å². The minimum atomic E-state index is -2.13. The molecule has 8 nitrogen and oxygen atoms in total. The quantitative estimate of drug-likeness (QED) is 0.201. The fourth-order valence-corrected chi connectivity index (χ4v) is 0.919. The Morgan fingerprint density at radius 1 is 1.36 bits per heavy atom. The number of hydrogen-bond acceptors (Lipinski definition) is 8. The summed E-state index contributed by atoms with van der Waals surface area (Å²) in [6, 6.07) is -0.753. The molecule has 0 amide bonds. The Hall–Kier alpha value is -0.770. The van der Waals surface area contributed by atoms with E-state index in [0.717, 1.165) is 0 Å². The van der Waals surface area contributed by atoms with Crippen LogP contribution >= 0.6 is 0 Å². The second-order valence-corrected chi connectivity index (χ2v) is 3.22. The average Bonchev–Trinajstić information content (AvgIpc) is 2.14. The predicted molar refractivity (Wildman–Crippen MR) is 50.8 cm³/mol. The van der Waals surface area contributed by atoms with Gasteiger partial charge in [-0.15, -0.1) is 0 Å². The van der Waals surface area contributed by atoms with E-state index in [0.29, 0.717) is 6.42 Å². The van der Waals surface area contributed by atoms with Gasteiger partial charge in [-0.05, 0) is 6.42 Å². The molecule has 0 bridgehead atoms. The van der Waals surface area contributed by atoms with Gasteiger partial charge in [0.15, 0.2) is 5.66 Å². The molecule has 1 unspecified atom stereocenters. The zero-order valence-corrected chi connectivity index (χ0v) is 8.07. The molecule has 0 aromatic carbocycles. The Balaban J connectivity index is 4.95. The zero-order valence-electron chi connectivity index (χ0n) is 8.07. The fraction of sp³-hybridized carbons (Fsp3) is 0.833. The van der Waals surface area contributed by atoms with Gasteiger partial charge >= 0.3 is 5.97 Å². The summed E-state index contributed by atoms with van der Waals surface area (Å²) in [5, 5.41) is 0. The lowest BCUT2D eigenvalue weighted by molar-refractivity contribution is -0.154. The zero-order chi connectivity index (χ0) is 11.6. The van der Waals surface area contributed by atoms with Gasteiger partial charge in [0.05, 0.1) is 0 Å². The molecule has 0 radical (unpaired) electrons. The second-order valence-electron chi connectivity index (χ2n) is 3.22. The molecule has 0 spiro atoms. The molecule has 0 saturated heterocycles.